The van der Waals surface area contributed by atoms with Crippen LogP contribution in [0.15, 0.2) is 21.6 Å². The van der Waals surface area contributed by atoms with Crippen LogP contribution < -0.4 is 4.72 Å². The molecule has 20 heavy (non-hydrogen) atoms. The highest BCUT2D eigenvalue weighted by Crippen LogP contribution is 2.25. The number of carbonyl (C=O) groups is 1. The summed E-state index contributed by atoms with van der Waals surface area (Å²) in [7, 11) is -3.79. The van der Waals surface area contributed by atoms with E-state index in [4.69, 9.17) is 9.52 Å². The molecular weight excluding hydrogens is 284 g/mol. The molecule has 1 aliphatic carbocycles. The zero-order chi connectivity index (χ0) is 14.8. The van der Waals surface area contributed by atoms with Crippen LogP contribution in [0.5, 0.6) is 0 Å². The van der Waals surface area contributed by atoms with Crippen molar-refractivity contribution in [3.8, 4) is 0 Å². The molecule has 7 nitrogen and oxygen atoms in total. The number of carboxylic acids is 1. The van der Waals surface area contributed by atoms with Gasteiger partial charge in [-0.1, -0.05) is 6.92 Å². The Morgan fingerprint density at radius 3 is 2.70 bits per heavy atom. The Kier molecular flexibility index (Phi) is 4.46. The summed E-state index contributed by atoms with van der Waals surface area (Å²) in [5, 5.41) is 8.33. The fraction of sp³-hybridized carbons (Fsp3) is 0.583. The van der Waals surface area contributed by atoms with Crippen molar-refractivity contribution in [2.24, 2.45) is 0 Å². The van der Waals surface area contributed by atoms with Gasteiger partial charge in [0.2, 0.25) is 10.9 Å². The molecule has 112 valence electrons. The first-order valence-corrected chi connectivity index (χ1v) is 7.99. The van der Waals surface area contributed by atoms with Gasteiger partial charge in [0, 0.05) is 19.1 Å². The first kappa shape index (κ1) is 15.0. The summed E-state index contributed by atoms with van der Waals surface area (Å²) in [6.45, 7) is 3.83. The van der Waals surface area contributed by atoms with Crippen molar-refractivity contribution in [3.05, 3.63) is 17.9 Å². The molecule has 0 bridgehead atoms. The first-order valence-electron chi connectivity index (χ1n) is 6.51. The molecule has 0 unspecified atom stereocenters. The molecule has 1 aliphatic rings. The van der Waals surface area contributed by atoms with E-state index < -0.39 is 21.8 Å². The van der Waals surface area contributed by atoms with Gasteiger partial charge in [-0.25, -0.2) is 17.9 Å². The van der Waals surface area contributed by atoms with Gasteiger partial charge < -0.3 is 9.52 Å². The van der Waals surface area contributed by atoms with E-state index in [0.29, 0.717) is 12.6 Å². The summed E-state index contributed by atoms with van der Waals surface area (Å²) in [4.78, 5) is 12.9. The van der Waals surface area contributed by atoms with Crippen LogP contribution in [0.1, 0.15) is 30.3 Å². The van der Waals surface area contributed by atoms with Crippen molar-refractivity contribution in [2.45, 2.75) is 30.9 Å². The minimum Gasteiger partial charge on any atom is -0.475 e. The predicted octanol–water partition coefficient (Wildman–Crippen LogP) is 0.740. The fourth-order valence-corrected chi connectivity index (χ4v) is 2.96. The van der Waals surface area contributed by atoms with Crippen LogP contribution in [0.25, 0.3) is 0 Å². The normalized spacial score (nSPS) is 15.7. The molecule has 1 fully saturated rings. The Hall–Kier alpha value is -1.38. The van der Waals surface area contributed by atoms with Crippen molar-refractivity contribution in [1.29, 1.82) is 0 Å². The van der Waals surface area contributed by atoms with Crippen LogP contribution in [0.2, 0.25) is 0 Å². The Morgan fingerprint density at radius 1 is 1.50 bits per heavy atom. The Bertz CT molecular complexity index is 576. The van der Waals surface area contributed by atoms with Crippen LogP contribution in [0.4, 0.5) is 0 Å². The molecule has 0 atom stereocenters. The maximum absolute atomic E-state index is 11.9. The number of sulfonamides is 1. The maximum atomic E-state index is 11.9. The van der Waals surface area contributed by atoms with Gasteiger partial charge in [-0.2, -0.15) is 0 Å². The van der Waals surface area contributed by atoms with Crippen molar-refractivity contribution in [3.63, 3.8) is 0 Å². The lowest BCUT2D eigenvalue weighted by atomic mass is 10.4. The number of aromatic carboxylic acids is 1. The number of hydrogen-bond donors (Lipinski definition) is 2. The van der Waals surface area contributed by atoms with Gasteiger partial charge in [0.1, 0.15) is 0 Å². The average Bonchev–Trinajstić information content (AvgIpc) is 3.08. The number of furan rings is 1. The smallest absolute Gasteiger partial charge is 0.371 e. The zero-order valence-corrected chi connectivity index (χ0v) is 12.0. The van der Waals surface area contributed by atoms with Crippen LogP contribution in [-0.2, 0) is 10.0 Å². The van der Waals surface area contributed by atoms with Gasteiger partial charge in [-0.15, -0.1) is 0 Å². The second kappa shape index (κ2) is 5.94. The highest BCUT2D eigenvalue weighted by atomic mass is 32.2. The Morgan fingerprint density at radius 2 is 2.20 bits per heavy atom. The van der Waals surface area contributed by atoms with Crippen LogP contribution in [0, 0.1) is 0 Å². The molecule has 0 amide bonds. The molecule has 0 aromatic carbocycles. The highest BCUT2D eigenvalue weighted by molar-refractivity contribution is 7.89. The van der Waals surface area contributed by atoms with E-state index in [1.165, 1.54) is 12.8 Å². The lowest BCUT2D eigenvalue weighted by Crippen LogP contribution is -2.36. The average molecular weight is 302 g/mol. The quantitative estimate of drug-likeness (QED) is 0.734. The van der Waals surface area contributed by atoms with Crippen LogP contribution in [0.3, 0.4) is 0 Å². The minimum absolute atomic E-state index is 0.274. The Labute approximate surface area is 117 Å². The van der Waals surface area contributed by atoms with Gasteiger partial charge in [0.15, 0.2) is 0 Å². The van der Waals surface area contributed by atoms with E-state index in [9.17, 15) is 13.2 Å². The number of nitrogens with zero attached hydrogens (tertiary/aromatic N) is 1. The number of likely N-dealkylation sites (N-methyl/N-ethyl adjacent to an activating group) is 1. The molecule has 1 saturated carbocycles. The standard InChI is InChI=1S/C12H18N2O5S/c1-2-14(9-3-4-9)8-7-13-20(17,18)11-6-5-10(19-11)12(15)16/h5-6,9,13H,2-4,7-8H2,1H3,(H,15,16). The van der Waals surface area contributed by atoms with Crippen molar-refractivity contribution in [1.82, 2.24) is 9.62 Å². The predicted molar refractivity (Wildman–Crippen MR) is 71.1 cm³/mol. The molecule has 8 heteroatoms. The SMILES string of the molecule is CCN(CCNS(=O)(=O)c1ccc(C(=O)O)o1)C1CC1. The molecule has 1 aromatic rings. The number of nitrogens with one attached hydrogen (secondary N) is 1. The number of hydrogen-bond acceptors (Lipinski definition) is 5. The third-order valence-electron chi connectivity index (χ3n) is 3.22. The van der Waals surface area contributed by atoms with Crippen LogP contribution >= 0.6 is 0 Å². The molecule has 0 spiro atoms. The van der Waals surface area contributed by atoms with Crippen molar-refractivity contribution >= 4 is 16.0 Å². The van der Waals surface area contributed by atoms with E-state index >= 15 is 0 Å². The lowest BCUT2D eigenvalue weighted by Gasteiger charge is -2.19. The van der Waals surface area contributed by atoms with E-state index in [1.807, 2.05) is 6.92 Å². The summed E-state index contributed by atoms with van der Waals surface area (Å²) in [5.41, 5.74) is 0. The van der Waals surface area contributed by atoms with E-state index in [2.05, 4.69) is 9.62 Å². The van der Waals surface area contributed by atoms with Gasteiger partial charge in [0.25, 0.3) is 10.0 Å². The third kappa shape index (κ3) is 3.59. The monoisotopic (exact) mass is 302 g/mol. The van der Waals surface area contributed by atoms with Crippen LogP contribution in [-0.4, -0.2) is 50.1 Å². The Balaban J connectivity index is 1.91. The maximum Gasteiger partial charge on any atom is 0.371 e. The molecule has 1 aromatic heterocycles. The third-order valence-corrected chi connectivity index (χ3v) is 4.55. The molecule has 0 aliphatic heterocycles. The second-order valence-corrected chi connectivity index (χ2v) is 6.38. The van der Waals surface area contributed by atoms with Gasteiger partial charge >= 0.3 is 5.97 Å². The lowest BCUT2D eigenvalue weighted by molar-refractivity contribution is 0.0656. The summed E-state index contributed by atoms with van der Waals surface area (Å²) >= 11 is 0. The summed E-state index contributed by atoms with van der Waals surface area (Å²) < 4.78 is 31.0. The summed E-state index contributed by atoms with van der Waals surface area (Å²) in [6.07, 6.45) is 2.33. The molecule has 2 N–H and O–H groups in total. The molecule has 1 heterocycles. The second-order valence-electron chi connectivity index (χ2n) is 4.68. The topological polar surface area (TPSA) is 99.9 Å². The van der Waals surface area contributed by atoms with Crippen molar-refractivity contribution < 1.29 is 22.7 Å². The molecule has 2 rings (SSSR count). The highest BCUT2D eigenvalue weighted by Gasteiger charge is 2.28. The summed E-state index contributed by atoms with van der Waals surface area (Å²) in [6, 6.07) is 2.84. The number of carboxylic acid groups (broad SMARTS) is 1. The molecule has 0 radical (unpaired) electrons. The fourth-order valence-electron chi connectivity index (χ4n) is 2.01. The zero-order valence-electron chi connectivity index (χ0n) is 11.2. The van der Waals surface area contributed by atoms with E-state index in [0.717, 1.165) is 18.7 Å². The van der Waals surface area contributed by atoms with E-state index in [-0.39, 0.29) is 11.6 Å². The van der Waals surface area contributed by atoms with Gasteiger partial charge in [0.05, 0.1) is 0 Å². The molecular formula is C12H18N2O5S. The first-order chi connectivity index (χ1) is 9.44. The minimum atomic E-state index is -3.79. The molecule has 0 saturated heterocycles. The largest absolute Gasteiger partial charge is 0.475 e. The van der Waals surface area contributed by atoms with Crippen molar-refractivity contribution in [2.75, 3.05) is 19.6 Å². The van der Waals surface area contributed by atoms with Gasteiger partial charge in [-0.3, -0.25) is 4.90 Å². The summed E-state index contributed by atoms with van der Waals surface area (Å²) in [5.74, 6) is -1.68. The van der Waals surface area contributed by atoms with E-state index in [1.54, 1.807) is 0 Å². The number of rotatable bonds is 8. The van der Waals surface area contributed by atoms with Gasteiger partial charge in [-0.05, 0) is 31.5 Å².